The molecule has 0 bridgehead atoms. The van der Waals surface area contributed by atoms with Gasteiger partial charge in [0.15, 0.2) is 0 Å². The molecule has 0 aliphatic heterocycles. The summed E-state index contributed by atoms with van der Waals surface area (Å²) in [6, 6.07) is 0. The number of hydrogen-bond acceptors (Lipinski definition) is 2. The van der Waals surface area contributed by atoms with Gasteiger partial charge in [-0.1, -0.05) is 12.7 Å². The fourth-order valence-corrected chi connectivity index (χ4v) is 2.10. The molecule has 0 aromatic carbocycles. The Hall–Kier alpha value is -0.280. The molecular weight excluding hydrogens is 167 g/mol. The van der Waals surface area contributed by atoms with Gasteiger partial charge in [0.2, 0.25) is 0 Å². The van der Waals surface area contributed by atoms with E-state index in [-0.39, 0.29) is 0 Å². The Kier molecular flexibility index (Phi) is 2.51. The zero-order chi connectivity index (χ0) is 7.56. The lowest BCUT2D eigenvalue weighted by atomic mass is 10.3. The lowest BCUT2D eigenvalue weighted by Gasteiger charge is -1.90. The van der Waals surface area contributed by atoms with Crippen molar-refractivity contribution in [3.05, 3.63) is 22.4 Å². The van der Waals surface area contributed by atoms with Crippen molar-refractivity contribution in [1.82, 2.24) is 0 Å². The SMILES string of the molecule is C=Cc1csc(C)c1SF. The van der Waals surface area contributed by atoms with Gasteiger partial charge in [0.05, 0.1) is 17.0 Å². The monoisotopic (exact) mass is 174 g/mol. The number of aryl methyl sites for hydroxylation is 1. The topological polar surface area (TPSA) is 0 Å². The minimum atomic E-state index is 0.292. The normalized spacial score (nSPS) is 9.80. The van der Waals surface area contributed by atoms with Crippen molar-refractivity contribution in [1.29, 1.82) is 0 Å². The number of hydrogen-bond donors (Lipinski definition) is 0. The fourth-order valence-electron chi connectivity index (χ4n) is 0.702. The molecule has 0 N–H and O–H groups in total. The first-order chi connectivity index (χ1) is 4.79. The molecule has 0 saturated carbocycles. The van der Waals surface area contributed by atoms with Crippen LogP contribution >= 0.6 is 23.5 Å². The summed E-state index contributed by atoms with van der Waals surface area (Å²) in [7, 11) is 0. The van der Waals surface area contributed by atoms with Gasteiger partial charge in [-0.25, -0.2) is 0 Å². The highest BCUT2D eigenvalue weighted by Crippen LogP contribution is 2.32. The van der Waals surface area contributed by atoms with Gasteiger partial charge in [-0.05, 0) is 12.3 Å². The van der Waals surface area contributed by atoms with Gasteiger partial charge in [-0.3, -0.25) is 0 Å². The van der Waals surface area contributed by atoms with E-state index in [1.807, 2.05) is 12.3 Å². The van der Waals surface area contributed by atoms with Crippen molar-refractivity contribution < 1.29 is 3.89 Å². The van der Waals surface area contributed by atoms with Gasteiger partial charge < -0.3 is 0 Å². The van der Waals surface area contributed by atoms with Gasteiger partial charge in [0.1, 0.15) is 0 Å². The minimum absolute atomic E-state index is 0.292. The van der Waals surface area contributed by atoms with E-state index >= 15 is 0 Å². The van der Waals surface area contributed by atoms with Gasteiger partial charge in [-0.15, -0.1) is 11.3 Å². The molecule has 1 rings (SSSR count). The Balaban J connectivity index is 3.12. The second kappa shape index (κ2) is 3.21. The lowest BCUT2D eigenvalue weighted by Crippen LogP contribution is -1.68. The molecule has 0 spiro atoms. The van der Waals surface area contributed by atoms with E-state index in [9.17, 15) is 3.89 Å². The van der Waals surface area contributed by atoms with Gasteiger partial charge in [0.25, 0.3) is 0 Å². The average Bonchev–Trinajstić information content (AvgIpc) is 2.30. The van der Waals surface area contributed by atoms with Crippen LogP contribution in [0.15, 0.2) is 16.9 Å². The molecule has 0 nitrogen and oxygen atoms in total. The highest BCUT2D eigenvalue weighted by atomic mass is 32.2. The predicted octanol–water partition coefficient (Wildman–Crippen LogP) is 3.68. The van der Waals surface area contributed by atoms with E-state index in [1.54, 1.807) is 17.4 Å². The van der Waals surface area contributed by atoms with Crippen molar-refractivity contribution in [2.45, 2.75) is 11.8 Å². The van der Waals surface area contributed by atoms with Crippen LogP contribution in [-0.2, 0) is 0 Å². The zero-order valence-electron chi connectivity index (χ0n) is 5.56. The van der Waals surface area contributed by atoms with Crippen LogP contribution < -0.4 is 0 Å². The van der Waals surface area contributed by atoms with Crippen LogP contribution in [-0.4, -0.2) is 0 Å². The maximum Gasteiger partial charge on any atom is 0.0830 e. The van der Waals surface area contributed by atoms with E-state index in [4.69, 9.17) is 0 Å². The third-order valence-corrected chi connectivity index (χ3v) is 3.00. The lowest BCUT2D eigenvalue weighted by molar-refractivity contribution is 0.933. The Morgan fingerprint density at radius 3 is 2.90 bits per heavy atom. The third kappa shape index (κ3) is 1.25. The van der Waals surface area contributed by atoms with Crippen molar-refractivity contribution in [2.24, 2.45) is 0 Å². The Labute approximate surface area is 68.1 Å². The van der Waals surface area contributed by atoms with Crippen molar-refractivity contribution in [2.75, 3.05) is 0 Å². The zero-order valence-corrected chi connectivity index (χ0v) is 7.19. The summed E-state index contributed by atoms with van der Waals surface area (Å²) in [5, 5.41) is 1.91. The first-order valence-corrected chi connectivity index (χ1v) is 4.38. The highest BCUT2D eigenvalue weighted by molar-refractivity contribution is 7.94. The molecule has 0 amide bonds. The molecule has 10 heavy (non-hydrogen) atoms. The maximum absolute atomic E-state index is 12.1. The Morgan fingerprint density at radius 1 is 1.80 bits per heavy atom. The molecule has 0 aliphatic rings. The molecule has 0 fully saturated rings. The van der Waals surface area contributed by atoms with Crippen LogP contribution in [0, 0.1) is 6.92 Å². The second-order valence-electron chi connectivity index (χ2n) is 1.86. The summed E-state index contributed by atoms with van der Waals surface area (Å²) in [5.74, 6) is 0. The van der Waals surface area contributed by atoms with E-state index in [2.05, 4.69) is 6.58 Å². The van der Waals surface area contributed by atoms with Gasteiger partial charge in [-0.2, -0.15) is 3.89 Å². The summed E-state index contributed by atoms with van der Waals surface area (Å²) in [6.45, 7) is 5.48. The molecule has 1 heterocycles. The molecule has 0 unspecified atom stereocenters. The van der Waals surface area contributed by atoms with Crippen LogP contribution in [0.2, 0.25) is 0 Å². The van der Waals surface area contributed by atoms with Crippen LogP contribution in [0.1, 0.15) is 10.4 Å². The van der Waals surface area contributed by atoms with Crippen LogP contribution in [0.5, 0.6) is 0 Å². The summed E-state index contributed by atoms with van der Waals surface area (Å²) in [6.07, 6.45) is 1.67. The molecule has 54 valence electrons. The number of thiophene rings is 1. The third-order valence-electron chi connectivity index (χ3n) is 1.24. The Bertz CT molecular complexity index is 240. The fraction of sp³-hybridized carbons (Fsp3) is 0.143. The minimum Gasteiger partial charge on any atom is -0.160 e. The van der Waals surface area contributed by atoms with Crippen molar-refractivity contribution in [3.8, 4) is 0 Å². The molecule has 1 aromatic rings. The standard InChI is InChI=1S/C7H7FS2/c1-3-6-4-9-5(2)7(6)10-8/h3-4H,1H2,2H3. The molecule has 0 radical (unpaired) electrons. The first-order valence-electron chi connectivity index (χ1n) is 2.78. The highest BCUT2D eigenvalue weighted by Gasteiger charge is 2.05. The molecule has 3 heteroatoms. The summed E-state index contributed by atoms with van der Waals surface area (Å²) < 4.78 is 12.1. The molecule has 0 saturated heterocycles. The smallest absolute Gasteiger partial charge is 0.0830 e. The van der Waals surface area contributed by atoms with Crippen LogP contribution in [0.3, 0.4) is 0 Å². The molecule has 0 atom stereocenters. The summed E-state index contributed by atoms with van der Waals surface area (Å²) in [5.41, 5.74) is 0.898. The van der Waals surface area contributed by atoms with Crippen LogP contribution in [0.4, 0.5) is 3.89 Å². The quantitative estimate of drug-likeness (QED) is 0.659. The van der Waals surface area contributed by atoms with E-state index in [0.29, 0.717) is 17.0 Å². The van der Waals surface area contributed by atoms with E-state index in [1.165, 1.54) is 0 Å². The maximum atomic E-state index is 12.1. The van der Waals surface area contributed by atoms with E-state index < -0.39 is 0 Å². The van der Waals surface area contributed by atoms with Crippen LogP contribution in [0.25, 0.3) is 6.08 Å². The van der Waals surface area contributed by atoms with E-state index in [0.717, 1.165) is 10.4 Å². The van der Waals surface area contributed by atoms with Gasteiger partial charge >= 0.3 is 0 Å². The second-order valence-corrected chi connectivity index (χ2v) is 3.50. The molecule has 0 aliphatic carbocycles. The van der Waals surface area contributed by atoms with Crippen molar-refractivity contribution in [3.63, 3.8) is 0 Å². The molecule has 1 aromatic heterocycles. The summed E-state index contributed by atoms with van der Waals surface area (Å²) >= 11 is 1.84. The summed E-state index contributed by atoms with van der Waals surface area (Å²) in [4.78, 5) is 1.72. The number of halogens is 1. The predicted molar refractivity (Wildman–Crippen MR) is 46.1 cm³/mol. The van der Waals surface area contributed by atoms with Gasteiger partial charge in [0, 0.05) is 10.4 Å². The average molecular weight is 174 g/mol. The Morgan fingerprint density at radius 2 is 2.50 bits per heavy atom. The first kappa shape index (κ1) is 7.82. The van der Waals surface area contributed by atoms with Crippen molar-refractivity contribution >= 4 is 29.6 Å². The number of rotatable bonds is 2. The largest absolute Gasteiger partial charge is 0.160 e. The molecular formula is C7H7FS2.